The second-order valence-corrected chi connectivity index (χ2v) is 7.62. The minimum Gasteiger partial charge on any atom is -0.383 e. The third-order valence-corrected chi connectivity index (χ3v) is 5.59. The molecule has 2 N–H and O–H groups in total. The van der Waals surface area contributed by atoms with Crippen LogP contribution in [0, 0.1) is 0 Å². The van der Waals surface area contributed by atoms with E-state index in [2.05, 4.69) is 17.2 Å². The Morgan fingerprint density at radius 1 is 1.36 bits per heavy atom. The third-order valence-electron chi connectivity index (χ3n) is 5.59. The van der Waals surface area contributed by atoms with Crippen molar-refractivity contribution in [3.05, 3.63) is 59.3 Å². The molecule has 3 rings (SSSR count). The van der Waals surface area contributed by atoms with Crippen molar-refractivity contribution in [2.24, 2.45) is 0 Å². The molecule has 2 aliphatic heterocycles. The Kier molecular flexibility index (Phi) is 7.11. The number of methoxy groups -OCH3 is 1. The number of alkyl halides is 3. The molecule has 178 valence electrons. The molecule has 2 atom stereocenters. The first kappa shape index (κ1) is 24.3. The van der Waals surface area contributed by atoms with Crippen LogP contribution >= 0.6 is 0 Å². The minimum absolute atomic E-state index is 0.00434. The summed E-state index contributed by atoms with van der Waals surface area (Å²) in [6.45, 7) is 5.59. The molecular formula is C22H25F3N4O4. The lowest BCUT2D eigenvalue weighted by atomic mass is 9.91. The van der Waals surface area contributed by atoms with Gasteiger partial charge in [-0.05, 0) is 18.6 Å². The topological polar surface area (TPSA) is 91.0 Å². The van der Waals surface area contributed by atoms with E-state index in [-0.39, 0.29) is 43.1 Å². The maximum Gasteiger partial charge on any atom is 0.416 e. The summed E-state index contributed by atoms with van der Waals surface area (Å²) in [7, 11) is 1.48. The average Bonchev–Trinajstić information content (AvgIpc) is 3.11. The first-order valence-corrected chi connectivity index (χ1v) is 10.3. The summed E-state index contributed by atoms with van der Waals surface area (Å²) in [5.74, 6) is -1.06. The van der Waals surface area contributed by atoms with Crippen LogP contribution in [0.2, 0.25) is 0 Å². The number of benzene rings is 1. The number of amides is 4. The predicted octanol–water partition coefficient (Wildman–Crippen LogP) is 2.21. The van der Waals surface area contributed by atoms with E-state index in [4.69, 9.17) is 4.74 Å². The zero-order valence-electron chi connectivity index (χ0n) is 18.2. The van der Waals surface area contributed by atoms with Crippen LogP contribution in [0.4, 0.5) is 18.0 Å². The van der Waals surface area contributed by atoms with Crippen molar-refractivity contribution in [2.45, 2.75) is 25.2 Å². The lowest BCUT2D eigenvalue weighted by Gasteiger charge is -2.33. The summed E-state index contributed by atoms with van der Waals surface area (Å²) in [6.07, 6.45) is -3.24. The van der Waals surface area contributed by atoms with Crippen LogP contribution in [0.3, 0.4) is 0 Å². The molecule has 1 aromatic rings. The number of rotatable bonds is 8. The highest BCUT2D eigenvalue weighted by molar-refractivity contribution is 6.03. The average molecular weight is 466 g/mol. The van der Waals surface area contributed by atoms with Crippen molar-refractivity contribution in [3.8, 4) is 0 Å². The van der Waals surface area contributed by atoms with Gasteiger partial charge in [0.1, 0.15) is 6.04 Å². The summed E-state index contributed by atoms with van der Waals surface area (Å²) in [4.78, 5) is 41.2. The van der Waals surface area contributed by atoms with Gasteiger partial charge in [-0.2, -0.15) is 13.2 Å². The van der Waals surface area contributed by atoms with Gasteiger partial charge in [0.05, 0.1) is 36.0 Å². The Hall–Kier alpha value is -3.34. The Balaban J connectivity index is 2.01. The molecule has 1 aromatic carbocycles. The zero-order chi connectivity index (χ0) is 24.3. The number of nitrogens with one attached hydrogen (secondary N) is 2. The van der Waals surface area contributed by atoms with Gasteiger partial charge in [-0.15, -0.1) is 6.58 Å². The minimum atomic E-state index is -4.68. The van der Waals surface area contributed by atoms with Gasteiger partial charge in [0.25, 0.3) is 5.91 Å². The number of carbonyl (C=O) groups excluding carboxylic acids is 3. The van der Waals surface area contributed by atoms with Crippen molar-refractivity contribution in [3.63, 3.8) is 0 Å². The van der Waals surface area contributed by atoms with Crippen molar-refractivity contribution < 1.29 is 32.3 Å². The molecule has 33 heavy (non-hydrogen) atoms. The molecule has 0 fully saturated rings. The number of halogens is 3. The normalized spacial score (nSPS) is 19.4. The van der Waals surface area contributed by atoms with Gasteiger partial charge in [0.2, 0.25) is 5.91 Å². The van der Waals surface area contributed by atoms with Crippen LogP contribution in [0.5, 0.6) is 0 Å². The molecule has 0 aromatic heterocycles. The zero-order valence-corrected chi connectivity index (χ0v) is 18.2. The summed E-state index contributed by atoms with van der Waals surface area (Å²) >= 11 is 0. The van der Waals surface area contributed by atoms with E-state index in [0.717, 1.165) is 6.07 Å². The van der Waals surface area contributed by atoms with E-state index < -0.39 is 41.7 Å². The van der Waals surface area contributed by atoms with Gasteiger partial charge < -0.3 is 20.3 Å². The quantitative estimate of drug-likeness (QED) is 0.454. The molecule has 4 amide bonds. The van der Waals surface area contributed by atoms with E-state index in [9.17, 15) is 27.6 Å². The first-order chi connectivity index (χ1) is 15.6. The van der Waals surface area contributed by atoms with Crippen LogP contribution in [-0.2, 0) is 20.5 Å². The number of hydrogen-bond donors (Lipinski definition) is 2. The standard InChI is InChI=1S/C22H25F3N4O4/c1-4-10-28-16-12-29(13(2)19(30)26-9-11-33-3)20(31)17(16)18(27-21(28)32)14-7-5-6-8-15(14)22(23,24)25/h4-8,13,18H,1,9-12H2,2-3H3,(H,26,30)(H,27,32)/t13-,18-/m1/s1. The second-order valence-electron chi connectivity index (χ2n) is 7.62. The fourth-order valence-corrected chi connectivity index (χ4v) is 3.95. The molecule has 0 unspecified atom stereocenters. The lowest BCUT2D eigenvalue weighted by molar-refractivity contribution is -0.138. The van der Waals surface area contributed by atoms with Crippen LogP contribution < -0.4 is 10.6 Å². The molecule has 2 heterocycles. The Morgan fingerprint density at radius 3 is 2.70 bits per heavy atom. The highest BCUT2D eigenvalue weighted by Gasteiger charge is 2.47. The van der Waals surface area contributed by atoms with Gasteiger partial charge in [0.15, 0.2) is 0 Å². The molecule has 2 aliphatic rings. The number of urea groups is 1. The van der Waals surface area contributed by atoms with Crippen LogP contribution in [0.15, 0.2) is 48.2 Å². The summed E-state index contributed by atoms with van der Waals surface area (Å²) in [6, 6.07) is 1.91. The van der Waals surface area contributed by atoms with Gasteiger partial charge in [-0.1, -0.05) is 24.3 Å². The van der Waals surface area contributed by atoms with Gasteiger partial charge in [0, 0.05) is 20.2 Å². The smallest absolute Gasteiger partial charge is 0.383 e. The number of carbonyl (C=O) groups is 3. The van der Waals surface area contributed by atoms with Crippen molar-refractivity contribution >= 4 is 17.8 Å². The Bertz CT molecular complexity index is 992. The Morgan fingerprint density at radius 2 is 2.06 bits per heavy atom. The summed E-state index contributed by atoms with van der Waals surface area (Å²) in [5.41, 5.74) is -0.931. The van der Waals surface area contributed by atoms with Crippen LogP contribution in [0.1, 0.15) is 24.1 Å². The van der Waals surface area contributed by atoms with Gasteiger partial charge in [-0.25, -0.2) is 4.79 Å². The Labute approximate surface area is 189 Å². The molecule has 0 saturated heterocycles. The fraction of sp³-hybridized carbons (Fsp3) is 0.409. The molecule has 0 spiro atoms. The summed E-state index contributed by atoms with van der Waals surface area (Å²) < 4.78 is 46.0. The van der Waals surface area contributed by atoms with E-state index in [1.54, 1.807) is 0 Å². The van der Waals surface area contributed by atoms with Crippen molar-refractivity contribution in [1.29, 1.82) is 0 Å². The van der Waals surface area contributed by atoms with Gasteiger partial charge >= 0.3 is 12.2 Å². The van der Waals surface area contributed by atoms with Crippen LogP contribution in [-0.4, -0.2) is 67.0 Å². The third kappa shape index (κ3) is 4.72. The van der Waals surface area contributed by atoms with E-state index in [1.165, 1.54) is 48.1 Å². The molecule has 0 radical (unpaired) electrons. The molecule has 8 nitrogen and oxygen atoms in total. The number of hydrogen-bond acceptors (Lipinski definition) is 4. The highest BCUT2D eigenvalue weighted by atomic mass is 19.4. The fourth-order valence-electron chi connectivity index (χ4n) is 3.95. The van der Waals surface area contributed by atoms with Gasteiger partial charge in [-0.3, -0.25) is 14.5 Å². The molecule has 11 heteroatoms. The molecular weight excluding hydrogens is 441 g/mol. The highest BCUT2D eigenvalue weighted by Crippen LogP contribution is 2.41. The van der Waals surface area contributed by atoms with Crippen molar-refractivity contribution in [2.75, 3.05) is 33.4 Å². The largest absolute Gasteiger partial charge is 0.416 e. The predicted molar refractivity (Wildman–Crippen MR) is 113 cm³/mol. The molecule has 0 saturated carbocycles. The summed E-state index contributed by atoms with van der Waals surface area (Å²) in [5, 5.41) is 5.17. The lowest BCUT2D eigenvalue weighted by Crippen LogP contribution is -2.47. The number of ether oxygens (including phenoxy) is 1. The van der Waals surface area contributed by atoms with Crippen LogP contribution in [0.25, 0.3) is 0 Å². The van der Waals surface area contributed by atoms with Crippen molar-refractivity contribution in [1.82, 2.24) is 20.4 Å². The maximum atomic E-state index is 13.7. The maximum absolute atomic E-state index is 13.7. The van der Waals surface area contributed by atoms with E-state index >= 15 is 0 Å². The first-order valence-electron chi connectivity index (χ1n) is 10.3. The molecule has 0 bridgehead atoms. The number of nitrogens with zero attached hydrogens (tertiary/aromatic N) is 2. The molecule has 0 aliphatic carbocycles. The van der Waals surface area contributed by atoms with E-state index in [0.29, 0.717) is 0 Å². The SMILES string of the molecule is C=CCN1C(=O)N[C@H](c2ccccc2C(F)(F)F)C2=C1CN([C@H](C)C(=O)NCCOC)C2=O. The second kappa shape index (κ2) is 9.65. The van der Waals surface area contributed by atoms with E-state index in [1.807, 2.05) is 0 Å². The monoisotopic (exact) mass is 466 g/mol.